The van der Waals surface area contributed by atoms with Crippen molar-refractivity contribution >= 4 is 58.1 Å². The van der Waals surface area contributed by atoms with Gasteiger partial charge in [0.2, 0.25) is 11.8 Å². The van der Waals surface area contributed by atoms with Crippen LogP contribution in [0.25, 0.3) is 0 Å². The first-order chi connectivity index (χ1) is 21.1. The van der Waals surface area contributed by atoms with Gasteiger partial charge in [0, 0.05) is 17.7 Å². The van der Waals surface area contributed by atoms with Gasteiger partial charge in [-0.1, -0.05) is 54.6 Å². The second kappa shape index (κ2) is 9.83. The number of hydrogen-bond acceptors (Lipinski definition) is 7. The Labute approximate surface area is 260 Å². The second-order valence-corrected chi connectivity index (χ2v) is 12.0. The number of ether oxygens (including phenoxy) is 1. The number of esters is 1. The summed E-state index contributed by atoms with van der Waals surface area (Å²) in [5.74, 6) is -4.51. The third-order valence-electron chi connectivity index (χ3n) is 8.66. The lowest BCUT2D eigenvalue weighted by Gasteiger charge is -2.54. The second-order valence-electron chi connectivity index (χ2n) is 10.8. The molecule has 0 saturated carbocycles. The molecule has 0 radical (unpaired) electrons. The molecule has 1 saturated heterocycles. The minimum absolute atomic E-state index is 0.00480. The van der Waals surface area contributed by atoms with Crippen molar-refractivity contribution in [1.82, 2.24) is 0 Å². The van der Waals surface area contributed by atoms with Crippen molar-refractivity contribution in [3.63, 3.8) is 0 Å². The number of benzene rings is 4. The zero-order valence-corrected chi connectivity index (χ0v) is 24.1. The average molecular weight is 627 g/mol. The molecule has 4 aromatic rings. The maximum absolute atomic E-state index is 14.2. The number of ketones is 1. The van der Waals surface area contributed by atoms with Gasteiger partial charge in [-0.3, -0.25) is 24.5 Å². The molecule has 2 amide bonds. The van der Waals surface area contributed by atoms with E-state index in [-0.39, 0.29) is 22.5 Å². The minimum atomic E-state index is -1.34. The highest BCUT2D eigenvalue weighted by Crippen LogP contribution is 2.69. The summed E-state index contributed by atoms with van der Waals surface area (Å²) in [4.78, 5) is 62.4. The van der Waals surface area contributed by atoms with Gasteiger partial charge >= 0.3 is 5.97 Å². The molecule has 4 aliphatic rings. The Morgan fingerprint density at radius 1 is 0.750 bits per heavy atom. The van der Waals surface area contributed by atoms with Gasteiger partial charge in [-0.05, 0) is 52.6 Å². The Morgan fingerprint density at radius 3 is 1.73 bits per heavy atom. The molecule has 0 spiro atoms. The van der Waals surface area contributed by atoms with E-state index in [1.54, 1.807) is 0 Å². The molecule has 4 aromatic carbocycles. The molecule has 44 heavy (non-hydrogen) atoms. The number of carbonyl (C=O) groups is 4. The number of Topliss-reactive ketones (excluding diaryl/α,β-unsaturated/α-hetero) is 1. The number of anilines is 1. The van der Waals surface area contributed by atoms with Crippen LogP contribution in [0.5, 0.6) is 0 Å². The zero-order valence-electron chi connectivity index (χ0n) is 22.6. The Hall–Kier alpha value is -4.86. The Bertz CT molecular complexity index is 1820. The number of carbonyl (C=O) groups excluding carboxylic acids is 4. The number of imide groups is 1. The standard InChI is InChI=1S/C33H20Cl2N2O7/c34-32-22-8-1-2-9-23(22)33(35,25-11-4-3-10-24(25)32)28-27(32)29(39)36(30(28)40)21-7-5-6-19(16-21)31(41)44-17-26(38)18-12-14-20(15-13-18)37(42)43/h1-16,27-28H,17H2/t27-,28-,32?,33?/m0/s1. The quantitative estimate of drug-likeness (QED) is 0.0668. The van der Waals surface area contributed by atoms with Gasteiger partial charge in [-0.25, -0.2) is 9.69 Å². The van der Waals surface area contributed by atoms with Crippen LogP contribution >= 0.6 is 23.2 Å². The van der Waals surface area contributed by atoms with Gasteiger partial charge in [0.1, 0.15) is 9.75 Å². The SMILES string of the molecule is O=C(COC(=O)c1cccc(N2C(=O)[C@@H]3[C@@H](C2=O)C2(Cl)c4ccccc4C3(Cl)c3ccccc32)c1)c1ccc([N+](=O)[O-])cc1. The highest BCUT2D eigenvalue weighted by molar-refractivity contribution is 6.38. The lowest BCUT2D eigenvalue weighted by molar-refractivity contribution is -0.384. The summed E-state index contributed by atoms with van der Waals surface area (Å²) < 4.78 is 5.20. The summed E-state index contributed by atoms with van der Waals surface area (Å²) in [6, 6.07) is 25.3. The van der Waals surface area contributed by atoms with Crippen molar-refractivity contribution in [2.75, 3.05) is 11.5 Å². The summed E-state index contributed by atoms with van der Waals surface area (Å²) in [6.07, 6.45) is 0. The van der Waals surface area contributed by atoms with Crippen LogP contribution in [-0.2, 0) is 24.1 Å². The van der Waals surface area contributed by atoms with Crippen LogP contribution in [-0.4, -0.2) is 35.1 Å². The third-order valence-corrected chi connectivity index (χ3v) is 9.94. The summed E-state index contributed by atoms with van der Waals surface area (Å²) in [7, 11) is 0. The molecular formula is C33H20Cl2N2O7. The molecule has 2 atom stereocenters. The highest BCUT2D eigenvalue weighted by atomic mass is 35.5. The number of non-ortho nitro benzene ring substituents is 1. The molecule has 1 aliphatic heterocycles. The monoisotopic (exact) mass is 626 g/mol. The van der Waals surface area contributed by atoms with Crippen LogP contribution in [0.2, 0.25) is 0 Å². The molecule has 11 heteroatoms. The summed E-state index contributed by atoms with van der Waals surface area (Å²) in [6.45, 7) is -0.618. The van der Waals surface area contributed by atoms with Crippen molar-refractivity contribution < 1.29 is 28.8 Å². The van der Waals surface area contributed by atoms with Gasteiger partial charge < -0.3 is 4.74 Å². The van der Waals surface area contributed by atoms with Crippen LogP contribution in [0.15, 0.2) is 97.1 Å². The first-order valence-corrected chi connectivity index (χ1v) is 14.3. The molecule has 0 aromatic heterocycles. The van der Waals surface area contributed by atoms with E-state index in [4.69, 9.17) is 27.9 Å². The minimum Gasteiger partial charge on any atom is -0.454 e. The number of hydrogen-bond donors (Lipinski definition) is 0. The maximum atomic E-state index is 14.2. The maximum Gasteiger partial charge on any atom is 0.338 e. The van der Waals surface area contributed by atoms with E-state index in [0.717, 1.165) is 4.90 Å². The summed E-state index contributed by atoms with van der Waals surface area (Å²) in [5, 5.41) is 10.9. The van der Waals surface area contributed by atoms with E-state index in [1.807, 2.05) is 48.5 Å². The van der Waals surface area contributed by atoms with Gasteiger partial charge in [-0.2, -0.15) is 0 Å². The molecule has 1 fully saturated rings. The molecular weight excluding hydrogens is 607 g/mol. The Kier molecular flexibility index (Phi) is 6.25. The fraction of sp³-hybridized carbons (Fsp3) is 0.152. The van der Waals surface area contributed by atoms with Crippen LogP contribution < -0.4 is 4.90 Å². The molecule has 8 rings (SSSR count). The number of halogens is 2. The fourth-order valence-electron chi connectivity index (χ4n) is 6.76. The van der Waals surface area contributed by atoms with E-state index in [2.05, 4.69) is 0 Å². The number of amides is 2. The van der Waals surface area contributed by atoms with Gasteiger partial charge in [0.05, 0.1) is 28.0 Å². The van der Waals surface area contributed by atoms with E-state index in [0.29, 0.717) is 22.3 Å². The van der Waals surface area contributed by atoms with Gasteiger partial charge in [0.15, 0.2) is 12.4 Å². The average Bonchev–Trinajstić information content (AvgIpc) is 3.33. The lowest BCUT2D eigenvalue weighted by Crippen LogP contribution is -2.57. The summed E-state index contributed by atoms with van der Waals surface area (Å²) >= 11 is 14.9. The van der Waals surface area contributed by atoms with Crippen molar-refractivity contribution in [3.05, 3.63) is 141 Å². The number of nitro groups is 1. The molecule has 2 bridgehead atoms. The predicted molar refractivity (Wildman–Crippen MR) is 160 cm³/mol. The molecule has 218 valence electrons. The van der Waals surface area contributed by atoms with Crippen molar-refractivity contribution in [3.8, 4) is 0 Å². The number of alkyl halides is 2. The topological polar surface area (TPSA) is 124 Å². The number of nitro benzene ring substituents is 1. The molecule has 9 nitrogen and oxygen atoms in total. The first kappa shape index (κ1) is 27.9. The van der Waals surface area contributed by atoms with E-state index < -0.39 is 56.7 Å². The first-order valence-electron chi connectivity index (χ1n) is 13.6. The van der Waals surface area contributed by atoms with Crippen LogP contribution in [0.4, 0.5) is 11.4 Å². The highest BCUT2D eigenvalue weighted by Gasteiger charge is 2.73. The molecule has 0 N–H and O–H groups in total. The number of rotatable bonds is 6. The summed E-state index contributed by atoms with van der Waals surface area (Å²) in [5.41, 5.74) is 2.80. The normalized spacial score (nSPS) is 24.4. The van der Waals surface area contributed by atoms with Gasteiger partial charge in [-0.15, -0.1) is 23.2 Å². The lowest BCUT2D eigenvalue weighted by atomic mass is 9.54. The third kappa shape index (κ3) is 3.72. The molecule has 1 heterocycles. The van der Waals surface area contributed by atoms with Crippen LogP contribution in [0.3, 0.4) is 0 Å². The van der Waals surface area contributed by atoms with Crippen LogP contribution in [0, 0.1) is 22.0 Å². The van der Waals surface area contributed by atoms with Gasteiger partial charge in [0.25, 0.3) is 5.69 Å². The van der Waals surface area contributed by atoms with Crippen LogP contribution in [0.1, 0.15) is 43.0 Å². The largest absolute Gasteiger partial charge is 0.454 e. The van der Waals surface area contributed by atoms with Crippen molar-refractivity contribution in [2.45, 2.75) is 9.75 Å². The fourth-order valence-corrected chi connectivity index (χ4v) is 7.86. The van der Waals surface area contributed by atoms with E-state index in [1.165, 1.54) is 48.5 Å². The smallest absolute Gasteiger partial charge is 0.338 e. The Morgan fingerprint density at radius 2 is 1.25 bits per heavy atom. The zero-order chi connectivity index (χ0) is 31.0. The van der Waals surface area contributed by atoms with E-state index in [9.17, 15) is 29.3 Å². The molecule has 3 aliphatic carbocycles. The molecule has 0 unspecified atom stereocenters. The Balaban J connectivity index is 1.19. The number of nitrogens with zero attached hydrogens (tertiary/aromatic N) is 2. The van der Waals surface area contributed by atoms with Crippen molar-refractivity contribution in [1.29, 1.82) is 0 Å². The van der Waals surface area contributed by atoms with Crippen molar-refractivity contribution in [2.24, 2.45) is 11.8 Å². The van der Waals surface area contributed by atoms with E-state index >= 15 is 0 Å². The predicted octanol–water partition coefficient (Wildman–Crippen LogP) is 5.73.